The Hall–Kier alpha value is -2.38. The van der Waals surface area contributed by atoms with Crippen molar-refractivity contribution in [2.24, 2.45) is 0 Å². The summed E-state index contributed by atoms with van der Waals surface area (Å²) in [6, 6.07) is 7.69. The highest BCUT2D eigenvalue weighted by molar-refractivity contribution is 5.78. The fourth-order valence-corrected chi connectivity index (χ4v) is 3.45. The summed E-state index contributed by atoms with van der Waals surface area (Å²) in [6.45, 7) is 10.5. The number of carbonyl (C=O) groups is 1. The van der Waals surface area contributed by atoms with E-state index in [-0.39, 0.29) is 5.91 Å². The van der Waals surface area contributed by atoms with Gasteiger partial charge >= 0.3 is 0 Å². The number of oxazole rings is 1. The van der Waals surface area contributed by atoms with Gasteiger partial charge in [-0.25, -0.2) is 4.98 Å². The van der Waals surface area contributed by atoms with Gasteiger partial charge < -0.3 is 14.1 Å². The summed E-state index contributed by atoms with van der Waals surface area (Å²) in [4.78, 5) is 23.4. The molecule has 1 aliphatic rings. The molecule has 0 atom stereocenters. The van der Waals surface area contributed by atoms with Gasteiger partial charge in [-0.2, -0.15) is 0 Å². The van der Waals surface area contributed by atoms with Crippen LogP contribution in [0.5, 0.6) is 5.75 Å². The van der Waals surface area contributed by atoms with E-state index in [0.29, 0.717) is 12.4 Å². The van der Waals surface area contributed by atoms with Crippen molar-refractivity contribution < 1.29 is 13.9 Å². The Morgan fingerprint density at radius 2 is 1.75 bits per heavy atom. The van der Waals surface area contributed by atoms with E-state index in [0.717, 1.165) is 62.8 Å². The molecule has 1 aromatic carbocycles. The molecule has 7 heteroatoms. The highest BCUT2D eigenvalue weighted by Gasteiger charge is 2.21. The number of hydrogen-bond donors (Lipinski definition) is 0. The molecule has 3 rings (SSSR count). The van der Waals surface area contributed by atoms with Crippen LogP contribution in [-0.4, -0.2) is 78.5 Å². The number of amides is 1. The van der Waals surface area contributed by atoms with Crippen LogP contribution in [0.4, 0.5) is 0 Å². The van der Waals surface area contributed by atoms with Gasteiger partial charge in [0.15, 0.2) is 0 Å². The number of nitrogens with zero attached hydrogens (tertiary/aromatic N) is 4. The number of methoxy groups -OCH3 is 1. The minimum atomic E-state index is 0.221. The van der Waals surface area contributed by atoms with Gasteiger partial charge in [0, 0.05) is 51.4 Å². The van der Waals surface area contributed by atoms with Crippen LogP contribution in [0, 0.1) is 0 Å². The molecule has 1 fully saturated rings. The van der Waals surface area contributed by atoms with Gasteiger partial charge in [0.1, 0.15) is 12.0 Å². The molecule has 0 unspecified atom stereocenters. The molecule has 0 aliphatic carbocycles. The zero-order valence-electron chi connectivity index (χ0n) is 17.1. The first-order valence-electron chi connectivity index (χ1n) is 9.94. The molecular formula is C21H30N4O3. The van der Waals surface area contributed by atoms with E-state index in [9.17, 15) is 4.79 Å². The average Bonchev–Trinajstić information content (AvgIpc) is 3.19. The largest absolute Gasteiger partial charge is 0.497 e. The van der Waals surface area contributed by atoms with Crippen LogP contribution in [0.25, 0.3) is 11.5 Å². The molecule has 1 amide bonds. The predicted octanol–water partition coefficient (Wildman–Crippen LogP) is 2.34. The van der Waals surface area contributed by atoms with Crippen LogP contribution in [0.15, 0.2) is 34.9 Å². The summed E-state index contributed by atoms with van der Waals surface area (Å²) in [5, 5.41) is 0. The lowest BCUT2D eigenvalue weighted by atomic mass is 10.2. The zero-order valence-corrected chi connectivity index (χ0v) is 17.1. The summed E-state index contributed by atoms with van der Waals surface area (Å²) in [5.74, 6) is 1.66. The minimum Gasteiger partial charge on any atom is -0.497 e. The first-order chi connectivity index (χ1) is 13.6. The first-order valence-corrected chi connectivity index (χ1v) is 9.94. The molecule has 1 aromatic heterocycles. The Morgan fingerprint density at radius 1 is 1.11 bits per heavy atom. The number of piperazine rings is 1. The maximum atomic E-state index is 12.3. The topological polar surface area (TPSA) is 62.1 Å². The van der Waals surface area contributed by atoms with Gasteiger partial charge in [0.2, 0.25) is 11.8 Å². The van der Waals surface area contributed by atoms with Crippen molar-refractivity contribution in [2.75, 3.05) is 52.9 Å². The highest BCUT2D eigenvalue weighted by atomic mass is 16.5. The Balaban J connectivity index is 1.48. The van der Waals surface area contributed by atoms with Crippen LogP contribution in [0.1, 0.15) is 19.5 Å². The normalized spacial score (nSPS) is 15.5. The summed E-state index contributed by atoms with van der Waals surface area (Å²) in [6.07, 6.45) is 1.73. The standard InChI is InChI=1S/C21H30N4O3/c1-4-25(5-2)20(26)15-24-12-10-23(11-13-24)14-18-16-28-21(22-18)17-6-8-19(27-3)9-7-17/h6-9,16H,4-5,10-15H2,1-3H3. The SMILES string of the molecule is CCN(CC)C(=O)CN1CCN(Cc2coc(-c3ccc(OC)cc3)n2)CC1. The number of carbonyl (C=O) groups excluding carboxylic acids is 1. The summed E-state index contributed by atoms with van der Waals surface area (Å²) in [7, 11) is 1.65. The molecule has 0 radical (unpaired) electrons. The van der Waals surface area contributed by atoms with E-state index in [2.05, 4.69) is 14.8 Å². The Labute approximate surface area is 166 Å². The molecule has 2 aromatic rings. The molecule has 2 heterocycles. The lowest BCUT2D eigenvalue weighted by molar-refractivity contribution is -0.132. The lowest BCUT2D eigenvalue weighted by Crippen LogP contribution is -2.49. The van der Waals surface area contributed by atoms with Gasteiger partial charge in [-0.05, 0) is 38.1 Å². The molecule has 1 aliphatic heterocycles. The molecule has 0 bridgehead atoms. The van der Waals surface area contributed by atoms with Crippen LogP contribution in [0.3, 0.4) is 0 Å². The van der Waals surface area contributed by atoms with Crippen LogP contribution >= 0.6 is 0 Å². The molecule has 0 saturated carbocycles. The molecular weight excluding hydrogens is 356 g/mol. The Bertz CT molecular complexity index is 747. The third-order valence-corrected chi connectivity index (χ3v) is 5.21. The second-order valence-electron chi connectivity index (χ2n) is 6.99. The smallest absolute Gasteiger partial charge is 0.236 e. The second kappa shape index (κ2) is 9.71. The third kappa shape index (κ3) is 5.11. The number of ether oxygens (including phenoxy) is 1. The van der Waals surface area contributed by atoms with E-state index in [1.54, 1.807) is 13.4 Å². The van der Waals surface area contributed by atoms with E-state index >= 15 is 0 Å². The molecule has 1 saturated heterocycles. The van der Waals surface area contributed by atoms with Gasteiger partial charge in [-0.1, -0.05) is 0 Å². The first kappa shape index (κ1) is 20.4. The van der Waals surface area contributed by atoms with Crippen molar-refractivity contribution in [3.05, 3.63) is 36.2 Å². The maximum absolute atomic E-state index is 12.3. The second-order valence-corrected chi connectivity index (χ2v) is 6.99. The number of aromatic nitrogens is 1. The van der Waals surface area contributed by atoms with Crippen molar-refractivity contribution in [1.29, 1.82) is 0 Å². The van der Waals surface area contributed by atoms with Crippen molar-refractivity contribution in [2.45, 2.75) is 20.4 Å². The monoisotopic (exact) mass is 386 g/mol. The average molecular weight is 386 g/mol. The quantitative estimate of drug-likeness (QED) is 0.694. The van der Waals surface area contributed by atoms with Crippen molar-refractivity contribution in [1.82, 2.24) is 19.7 Å². The van der Waals surface area contributed by atoms with Crippen LogP contribution in [0.2, 0.25) is 0 Å². The summed E-state index contributed by atoms with van der Waals surface area (Å²) in [5.41, 5.74) is 1.87. The number of likely N-dealkylation sites (N-methyl/N-ethyl adjacent to an activating group) is 1. The Morgan fingerprint density at radius 3 is 2.36 bits per heavy atom. The summed E-state index contributed by atoms with van der Waals surface area (Å²) < 4.78 is 10.8. The van der Waals surface area contributed by atoms with Gasteiger partial charge in [0.25, 0.3) is 0 Å². The molecule has 152 valence electrons. The van der Waals surface area contributed by atoms with Crippen LogP contribution in [-0.2, 0) is 11.3 Å². The number of hydrogen-bond acceptors (Lipinski definition) is 6. The molecule has 0 N–H and O–H groups in total. The number of benzene rings is 1. The maximum Gasteiger partial charge on any atom is 0.236 e. The van der Waals surface area contributed by atoms with Crippen LogP contribution < -0.4 is 4.74 Å². The van der Waals surface area contributed by atoms with E-state index in [1.807, 2.05) is 43.0 Å². The molecule has 7 nitrogen and oxygen atoms in total. The van der Waals surface area contributed by atoms with Crippen molar-refractivity contribution >= 4 is 5.91 Å². The molecule has 0 spiro atoms. The summed E-state index contributed by atoms with van der Waals surface area (Å²) >= 11 is 0. The Kier molecular flexibility index (Phi) is 7.06. The lowest BCUT2D eigenvalue weighted by Gasteiger charge is -2.34. The van der Waals surface area contributed by atoms with E-state index in [4.69, 9.17) is 9.15 Å². The highest BCUT2D eigenvalue weighted by Crippen LogP contribution is 2.22. The van der Waals surface area contributed by atoms with E-state index in [1.165, 1.54) is 0 Å². The predicted molar refractivity (Wildman–Crippen MR) is 108 cm³/mol. The van der Waals surface area contributed by atoms with Crippen molar-refractivity contribution in [3.63, 3.8) is 0 Å². The van der Waals surface area contributed by atoms with Gasteiger partial charge in [-0.15, -0.1) is 0 Å². The minimum absolute atomic E-state index is 0.221. The van der Waals surface area contributed by atoms with Gasteiger partial charge in [-0.3, -0.25) is 14.6 Å². The van der Waals surface area contributed by atoms with E-state index < -0.39 is 0 Å². The van der Waals surface area contributed by atoms with Crippen molar-refractivity contribution in [3.8, 4) is 17.2 Å². The zero-order chi connectivity index (χ0) is 19.9. The number of rotatable bonds is 8. The third-order valence-electron chi connectivity index (χ3n) is 5.21. The van der Waals surface area contributed by atoms with Gasteiger partial charge in [0.05, 0.1) is 19.3 Å². The molecule has 28 heavy (non-hydrogen) atoms. The fraction of sp³-hybridized carbons (Fsp3) is 0.524. The fourth-order valence-electron chi connectivity index (χ4n) is 3.45.